The molecule has 8 heteroatoms. The molecule has 2 rings (SSSR count). The minimum Gasteiger partial charge on any atom is -0.496 e. The van der Waals surface area contributed by atoms with Crippen LogP contribution >= 0.6 is 0 Å². The van der Waals surface area contributed by atoms with Crippen molar-refractivity contribution in [3.63, 3.8) is 0 Å². The maximum absolute atomic E-state index is 12.2. The number of carbonyl (C=O) groups is 4. The van der Waals surface area contributed by atoms with Crippen molar-refractivity contribution in [3.8, 4) is 5.75 Å². The van der Waals surface area contributed by atoms with Gasteiger partial charge < -0.3 is 20.1 Å². The fourth-order valence-corrected chi connectivity index (χ4v) is 2.55. The number of amides is 2. The van der Waals surface area contributed by atoms with Crippen LogP contribution in [-0.2, 0) is 14.3 Å². The number of ether oxygens (including phenoxy) is 2. The summed E-state index contributed by atoms with van der Waals surface area (Å²) >= 11 is 0. The van der Waals surface area contributed by atoms with Crippen LogP contribution in [0.3, 0.4) is 0 Å². The average Bonchev–Trinajstić information content (AvgIpc) is 2.73. The molecule has 0 unspecified atom stereocenters. The van der Waals surface area contributed by atoms with E-state index < -0.39 is 18.0 Å². The van der Waals surface area contributed by atoms with E-state index >= 15 is 0 Å². The molecule has 2 aromatic carbocycles. The Morgan fingerprint density at radius 1 is 1.00 bits per heavy atom. The quantitative estimate of drug-likeness (QED) is 0.484. The summed E-state index contributed by atoms with van der Waals surface area (Å²) in [6.45, 7) is 2.95. The number of Topliss-reactive ketones (excluding diaryl/α,β-unsaturated/α-hetero) is 1. The van der Waals surface area contributed by atoms with Crippen molar-refractivity contribution in [3.05, 3.63) is 59.7 Å². The molecule has 0 aromatic heterocycles. The minimum absolute atomic E-state index is 0.0521. The number of hydrogen-bond donors (Lipinski definition) is 2. The molecule has 0 radical (unpaired) electrons. The van der Waals surface area contributed by atoms with Gasteiger partial charge in [0.25, 0.3) is 11.8 Å². The average molecular weight is 412 g/mol. The smallest absolute Gasteiger partial charge is 0.308 e. The normalized spacial score (nSPS) is 11.2. The molecule has 0 saturated heterocycles. The number of benzene rings is 2. The van der Waals surface area contributed by atoms with E-state index in [4.69, 9.17) is 9.47 Å². The molecule has 1 atom stereocenters. The van der Waals surface area contributed by atoms with Crippen molar-refractivity contribution in [2.45, 2.75) is 26.4 Å². The van der Waals surface area contributed by atoms with Crippen LogP contribution in [-0.4, -0.2) is 43.3 Å². The van der Waals surface area contributed by atoms with Gasteiger partial charge in [-0.3, -0.25) is 19.2 Å². The lowest BCUT2D eigenvalue weighted by Gasteiger charge is -2.14. The van der Waals surface area contributed by atoms with E-state index in [9.17, 15) is 19.2 Å². The highest BCUT2D eigenvalue weighted by Gasteiger charge is 2.18. The summed E-state index contributed by atoms with van der Waals surface area (Å²) in [6, 6.07) is 13.1. The second-order valence-corrected chi connectivity index (χ2v) is 6.46. The number of para-hydroxylation sites is 1. The molecular formula is C22H24N2O6. The van der Waals surface area contributed by atoms with Gasteiger partial charge in [-0.1, -0.05) is 12.1 Å². The van der Waals surface area contributed by atoms with E-state index in [-0.39, 0.29) is 24.7 Å². The Morgan fingerprint density at radius 3 is 2.30 bits per heavy atom. The van der Waals surface area contributed by atoms with Gasteiger partial charge in [-0.2, -0.15) is 0 Å². The van der Waals surface area contributed by atoms with Gasteiger partial charge in [0.05, 0.1) is 19.1 Å². The number of anilines is 1. The third kappa shape index (κ3) is 6.44. The third-order valence-corrected chi connectivity index (χ3v) is 4.20. The molecule has 8 nitrogen and oxygen atoms in total. The fraction of sp³-hybridized carbons (Fsp3) is 0.273. The molecule has 0 saturated carbocycles. The van der Waals surface area contributed by atoms with Crippen molar-refractivity contribution >= 4 is 29.3 Å². The number of rotatable bonds is 9. The van der Waals surface area contributed by atoms with Crippen LogP contribution in [0.15, 0.2) is 48.5 Å². The predicted molar refractivity (Wildman–Crippen MR) is 111 cm³/mol. The summed E-state index contributed by atoms with van der Waals surface area (Å²) in [7, 11) is 1.47. The number of methoxy groups -OCH3 is 1. The second kappa shape index (κ2) is 10.8. The Labute approximate surface area is 174 Å². The van der Waals surface area contributed by atoms with Gasteiger partial charge in [0.1, 0.15) is 5.75 Å². The molecule has 158 valence electrons. The van der Waals surface area contributed by atoms with Crippen molar-refractivity contribution in [1.29, 1.82) is 0 Å². The number of esters is 1. The Bertz CT molecular complexity index is 923. The summed E-state index contributed by atoms with van der Waals surface area (Å²) in [5, 5.41) is 5.22. The van der Waals surface area contributed by atoms with E-state index in [0.717, 1.165) is 0 Å². The summed E-state index contributed by atoms with van der Waals surface area (Å²) in [6.07, 6.45) is -1.11. The first kappa shape index (κ1) is 22.6. The Kier molecular flexibility index (Phi) is 8.10. The Morgan fingerprint density at radius 2 is 1.67 bits per heavy atom. The minimum atomic E-state index is -1.02. The molecule has 0 aliphatic heterocycles. The highest BCUT2D eigenvalue weighted by Crippen LogP contribution is 2.16. The molecule has 2 aromatic rings. The molecule has 2 amide bonds. The molecular weight excluding hydrogens is 388 g/mol. The molecule has 0 fully saturated rings. The van der Waals surface area contributed by atoms with E-state index in [1.54, 1.807) is 48.5 Å². The van der Waals surface area contributed by atoms with Gasteiger partial charge in [-0.15, -0.1) is 0 Å². The number of carbonyl (C=O) groups excluding carboxylic acids is 4. The molecule has 0 aliphatic carbocycles. The van der Waals surface area contributed by atoms with Crippen LogP contribution in [0, 0.1) is 0 Å². The zero-order valence-corrected chi connectivity index (χ0v) is 17.1. The van der Waals surface area contributed by atoms with E-state index in [0.29, 0.717) is 22.6 Å². The summed E-state index contributed by atoms with van der Waals surface area (Å²) < 4.78 is 10.2. The maximum Gasteiger partial charge on any atom is 0.308 e. The highest BCUT2D eigenvalue weighted by atomic mass is 16.5. The van der Waals surface area contributed by atoms with Crippen LogP contribution in [0.5, 0.6) is 5.75 Å². The topological polar surface area (TPSA) is 111 Å². The van der Waals surface area contributed by atoms with Gasteiger partial charge in [0.15, 0.2) is 11.9 Å². The first-order chi connectivity index (χ1) is 14.3. The van der Waals surface area contributed by atoms with Gasteiger partial charge in [0, 0.05) is 17.8 Å². The lowest BCUT2D eigenvalue weighted by atomic mass is 10.1. The summed E-state index contributed by atoms with van der Waals surface area (Å²) in [4.78, 5) is 47.6. The zero-order valence-electron chi connectivity index (χ0n) is 17.1. The number of ketones is 1. The molecule has 30 heavy (non-hydrogen) atoms. The van der Waals surface area contributed by atoms with E-state index in [1.807, 2.05) is 0 Å². The largest absolute Gasteiger partial charge is 0.496 e. The van der Waals surface area contributed by atoms with Crippen molar-refractivity contribution in [2.75, 3.05) is 19.0 Å². The van der Waals surface area contributed by atoms with Crippen LogP contribution in [0.2, 0.25) is 0 Å². The molecule has 0 heterocycles. The third-order valence-electron chi connectivity index (χ3n) is 4.20. The molecule has 0 spiro atoms. The standard InChI is InChI=1S/C22H24N2O6/c1-14(25)16-8-10-17(11-9-16)24-21(27)15(2)30-20(26)12-13-23-22(28)18-6-4-5-7-19(18)29-3/h4-11,15H,12-13H2,1-3H3,(H,23,28)(H,24,27)/t15-/m1/s1. The van der Waals surface area contributed by atoms with Crippen LogP contribution in [0.4, 0.5) is 5.69 Å². The van der Waals surface area contributed by atoms with Crippen molar-refractivity contribution in [1.82, 2.24) is 5.32 Å². The zero-order chi connectivity index (χ0) is 22.1. The molecule has 0 aliphatic rings. The van der Waals surface area contributed by atoms with Crippen molar-refractivity contribution in [2.24, 2.45) is 0 Å². The van der Waals surface area contributed by atoms with Gasteiger partial charge in [0.2, 0.25) is 0 Å². The summed E-state index contributed by atoms with van der Waals surface area (Å²) in [5.74, 6) is -1.14. The van der Waals surface area contributed by atoms with E-state index in [1.165, 1.54) is 21.0 Å². The fourth-order valence-electron chi connectivity index (χ4n) is 2.55. The molecule has 0 bridgehead atoms. The van der Waals surface area contributed by atoms with Gasteiger partial charge in [-0.05, 0) is 50.2 Å². The van der Waals surface area contributed by atoms with Gasteiger partial charge >= 0.3 is 5.97 Å². The molecule has 2 N–H and O–H groups in total. The first-order valence-electron chi connectivity index (χ1n) is 9.34. The van der Waals surface area contributed by atoms with Gasteiger partial charge in [-0.25, -0.2) is 0 Å². The highest BCUT2D eigenvalue weighted by molar-refractivity contribution is 5.98. The lowest BCUT2D eigenvalue weighted by molar-refractivity contribution is -0.153. The van der Waals surface area contributed by atoms with Crippen LogP contribution in [0.1, 0.15) is 41.0 Å². The van der Waals surface area contributed by atoms with Crippen LogP contribution in [0.25, 0.3) is 0 Å². The Balaban J connectivity index is 1.77. The van der Waals surface area contributed by atoms with Crippen LogP contribution < -0.4 is 15.4 Å². The first-order valence-corrected chi connectivity index (χ1v) is 9.34. The monoisotopic (exact) mass is 412 g/mol. The Hall–Kier alpha value is -3.68. The lowest BCUT2D eigenvalue weighted by Crippen LogP contribution is -2.32. The summed E-state index contributed by atoms with van der Waals surface area (Å²) in [5.41, 5.74) is 1.37. The second-order valence-electron chi connectivity index (χ2n) is 6.46. The maximum atomic E-state index is 12.2. The van der Waals surface area contributed by atoms with E-state index in [2.05, 4.69) is 10.6 Å². The van der Waals surface area contributed by atoms with Crippen molar-refractivity contribution < 1.29 is 28.7 Å². The number of nitrogens with one attached hydrogen (secondary N) is 2. The SMILES string of the molecule is COc1ccccc1C(=O)NCCC(=O)O[C@H](C)C(=O)Nc1ccc(C(C)=O)cc1. The number of hydrogen-bond acceptors (Lipinski definition) is 6. The predicted octanol–water partition coefficient (Wildman–Crippen LogP) is 2.59.